The van der Waals surface area contributed by atoms with E-state index in [2.05, 4.69) is 11.1 Å². The van der Waals surface area contributed by atoms with Gasteiger partial charge in [0.05, 0.1) is 0 Å². The minimum absolute atomic E-state index is 0.0108. The maximum atomic E-state index is 11.2. The van der Waals surface area contributed by atoms with E-state index in [1.807, 2.05) is 13.8 Å². The first-order valence-corrected chi connectivity index (χ1v) is 5.24. The summed E-state index contributed by atoms with van der Waals surface area (Å²) in [4.78, 5) is 22.0. The maximum Gasteiger partial charge on any atom is 0.303 e. The SMILES string of the molecule is CCNC(=O)CCC(OC(C)=O)C(C)[NH3+]. The van der Waals surface area contributed by atoms with E-state index in [-0.39, 0.29) is 24.0 Å². The molecule has 0 radical (unpaired) electrons. The van der Waals surface area contributed by atoms with Crippen molar-refractivity contribution in [1.82, 2.24) is 5.32 Å². The first-order chi connectivity index (χ1) is 6.97. The average Bonchev–Trinajstić information content (AvgIpc) is 2.11. The molecule has 0 heterocycles. The summed E-state index contributed by atoms with van der Waals surface area (Å²) in [6, 6.07) is -0.0108. The lowest BCUT2D eigenvalue weighted by Gasteiger charge is -2.17. The molecule has 0 bridgehead atoms. The first-order valence-electron chi connectivity index (χ1n) is 5.24. The highest BCUT2D eigenvalue weighted by molar-refractivity contribution is 5.75. The molecule has 0 fully saturated rings. The average molecular weight is 217 g/mol. The molecule has 2 atom stereocenters. The molecule has 5 nitrogen and oxygen atoms in total. The highest BCUT2D eigenvalue weighted by Crippen LogP contribution is 2.05. The number of rotatable bonds is 6. The summed E-state index contributed by atoms with van der Waals surface area (Å²) in [5.74, 6) is -0.346. The van der Waals surface area contributed by atoms with Crippen LogP contribution in [0.5, 0.6) is 0 Å². The molecule has 0 aromatic carbocycles. The van der Waals surface area contributed by atoms with E-state index in [0.717, 1.165) is 0 Å². The molecule has 0 aromatic heterocycles. The topological polar surface area (TPSA) is 83.0 Å². The van der Waals surface area contributed by atoms with Gasteiger partial charge in [-0.3, -0.25) is 9.59 Å². The summed E-state index contributed by atoms with van der Waals surface area (Å²) < 4.78 is 5.06. The van der Waals surface area contributed by atoms with E-state index >= 15 is 0 Å². The second-order valence-electron chi connectivity index (χ2n) is 3.62. The molecule has 1 amide bonds. The van der Waals surface area contributed by atoms with Crippen LogP contribution < -0.4 is 11.1 Å². The van der Waals surface area contributed by atoms with Crippen LogP contribution in [0.1, 0.15) is 33.6 Å². The zero-order chi connectivity index (χ0) is 11.8. The molecule has 0 spiro atoms. The van der Waals surface area contributed by atoms with E-state index in [1.165, 1.54) is 6.92 Å². The summed E-state index contributed by atoms with van der Waals surface area (Å²) in [7, 11) is 0. The monoisotopic (exact) mass is 217 g/mol. The van der Waals surface area contributed by atoms with Gasteiger partial charge in [0, 0.05) is 19.9 Å². The van der Waals surface area contributed by atoms with Gasteiger partial charge in [0.2, 0.25) is 5.91 Å². The number of hydrogen-bond acceptors (Lipinski definition) is 3. The van der Waals surface area contributed by atoms with Crippen LogP contribution in [0.4, 0.5) is 0 Å². The molecule has 2 unspecified atom stereocenters. The Labute approximate surface area is 90.4 Å². The van der Waals surface area contributed by atoms with Gasteiger partial charge in [0.1, 0.15) is 6.04 Å². The van der Waals surface area contributed by atoms with Gasteiger partial charge in [0.25, 0.3) is 0 Å². The van der Waals surface area contributed by atoms with E-state index in [0.29, 0.717) is 19.4 Å². The van der Waals surface area contributed by atoms with Crippen molar-refractivity contribution in [1.29, 1.82) is 0 Å². The molecule has 0 aromatic rings. The molecule has 88 valence electrons. The van der Waals surface area contributed by atoms with Crippen LogP contribution in [0.3, 0.4) is 0 Å². The van der Waals surface area contributed by atoms with Crippen molar-refractivity contribution in [3.8, 4) is 0 Å². The number of carbonyl (C=O) groups excluding carboxylic acids is 2. The number of quaternary nitrogens is 1. The molecule has 0 saturated carbocycles. The van der Waals surface area contributed by atoms with Crippen LogP contribution in [0.25, 0.3) is 0 Å². The number of amides is 1. The third-order valence-electron chi connectivity index (χ3n) is 1.98. The van der Waals surface area contributed by atoms with Crippen LogP contribution in [0.15, 0.2) is 0 Å². The Hall–Kier alpha value is -1.10. The molecular weight excluding hydrogens is 196 g/mol. The fourth-order valence-electron chi connectivity index (χ4n) is 1.23. The Morgan fingerprint density at radius 3 is 2.47 bits per heavy atom. The summed E-state index contributed by atoms with van der Waals surface area (Å²) in [5, 5.41) is 2.69. The number of carbonyl (C=O) groups is 2. The minimum Gasteiger partial charge on any atom is -0.456 e. The van der Waals surface area contributed by atoms with Crippen LogP contribution in [0, 0.1) is 0 Å². The Morgan fingerprint density at radius 2 is 2.07 bits per heavy atom. The van der Waals surface area contributed by atoms with Crippen LogP contribution in [-0.4, -0.2) is 30.6 Å². The molecule has 0 aliphatic heterocycles. The largest absolute Gasteiger partial charge is 0.456 e. The summed E-state index contributed by atoms with van der Waals surface area (Å²) in [6.45, 7) is 5.72. The van der Waals surface area contributed by atoms with Crippen molar-refractivity contribution in [2.45, 2.75) is 45.8 Å². The molecule has 0 aliphatic carbocycles. The highest BCUT2D eigenvalue weighted by Gasteiger charge is 2.20. The second-order valence-corrected chi connectivity index (χ2v) is 3.62. The smallest absolute Gasteiger partial charge is 0.303 e. The summed E-state index contributed by atoms with van der Waals surface area (Å²) in [5.41, 5.74) is 3.81. The molecule has 5 heteroatoms. The normalized spacial score (nSPS) is 14.1. The van der Waals surface area contributed by atoms with Gasteiger partial charge in [-0.25, -0.2) is 0 Å². The number of ether oxygens (including phenoxy) is 1. The number of esters is 1. The van der Waals surface area contributed by atoms with Gasteiger partial charge in [-0.05, 0) is 20.3 Å². The Balaban J connectivity index is 3.96. The lowest BCUT2D eigenvalue weighted by Crippen LogP contribution is -2.65. The van der Waals surface area contributed by atoms with E-state index in [1.54, 1.807) is 0 Å². The zero-order valence-corrected chi connectivity index (χ0v) is 9.71. The number of nitrogens with one attached hydrogen (secondary N) is 1. The van der Waals surface area contributed by atoms with Gasteiger partial charge in [-0.1, -0.05) is 0 Å². The van der Waals surface area contributed by atoms with Crippen molar-refractivity contribution in [3.05, 3.63) is 0 Å². The van der Waals surface area contributed by atoms with Crippen molar-refractivity contribution in [3.63, 3.8) is 0 Å². The standard InChI is InChI=1S/C10H20N2O3/c1-4-12-10(14)6-5-9(7(2)11)15-8(3)13/h7,9H,4-6,11H2,1-3H3,(H,12,14)/p+1. The van der Waals surface area contributed by atoms with E-state index in [4.69, 9.17) is 4.74 Å². The van der Waals surface area contributed by atoms with Crippen LogP contribution in [0.2, 0.25) is 0 Å². The Bertz CT molecular complexity index is 217. The summed E-state index contributed by atoms with van der Waals surface area (Å²) in [6.07, 6.45) is 0.618. The second kappa shape index (κ2) is 7.23. The lowest BCUT2D eigenvalue weighted by atomic mass is 10.1. The minimum atomic E-state index is -0.327. The summed E-state index contributed by atoms with van der Waals surface area (Å²) >= 11 is 0. The van der Waals surface area contributed by atoms with Crippen molar-refractivity contribution >= 4 is 11.9 Å². The zero-order valence-electron chi connectivity index (χ0n) is 9.71. The highest BCUT2D eigenvalue weighted by atomic mass is 16.5. The van der Waals surface area contributed by atoms with Gasteiger partial charge in [0.15, 0.2) is 6.10 Å². The van der Waals surface area contributed by atoms with E-state index < -0.39 is 0 Å². The molecular formula is C10H21N2O3+. The van der Waals surface area contributed by atoms with Gasteiger partial charge < -0.3 is 15.8 Å². The third kappa shape index (κ3) is 6.90. The Kier molecular flexibility index (Phi) is 6.70. The van der Waals surface area contributed by atoms with Gasteiger partial charge in [-0.2, -0.15) is 0 Å². The predicted molar refractivity (Wildman–Crippen MR) is 55.8 cm³/mol. The van der Waals surface area contributed by atoms with Gasteiger partial charge >= 0.3 is 5.97 Å². The third-order valence-corrected chi connectivity index (χ3v) is 1.98. The lowest BCUT2D eigenvalue weighted by molar-refractivity contribution is -0.431. The molecule has 15 heavy (non-hydrogen) atoms. The Morgan fingerprint density at radius 1 is 1.47 bits per heavy atom. The van der Waals surface area contributed by atoms with Crippen molar-refractivity contribution in [2.75, 3.05) is 6.54 Å². The van der Waals surface area contributed by atoms with Crippen molar-refractivity contribution < 1.29 is 20.1 Å². The fourth-order valence-corrected chi connectivity index (χ4v) is 1.23. The van der Waals surface area contributed by atoms with Gasteiger partial charge in [-0.15, -0.1) is 0 Å². The predicted octanol–water partition coefficient (Wildman–Crippen LogP) is -0.535. The molecule has 0 rings (SSSR count). The molecule has 4 N–H and O–H groups in total. The quantitative estimate of drug-likeness (QED) is 0.586. The van der Waals surface area contributed by atoms with E-state index in [9.17, 15) is 9.59 Å². The molecule has 0 saturated heterocycles. The van der Waals surface area contributed by atoms with Crippen LogP contribution in [-0.2, 0) is 14.3 Å². The van der Waals surface area contributed by atoms with Crippen LogP contribution >= 0.6 is 0 Å². The first kappa shape index (κ1) is 13.9. The van der Waals surface area contributed by atoms with Crippen molar-refractivity contribution in [2.24, 2.45) is 0 Å². The number of hydrogen-bond donors (Lipinski definition) is 2. The molecule has 0 aliphatic rings. The maximum absolute atomic E-state index is 11.2. The fraction of sp³-hybridized carbons (Fsp3) is 0.800.